The van der Waals surface area contributed by atoms with Crippen LogP contribution in [0.25, 0.3) is 10.9 Å². The number of unbranched alkanes of at least 4 members (excludes halogenated alkanes) is 2. The van der Waals surface area contributed by atoms with E-state index >= 15 is 0 Å². The molecule has 100 valence electrons. The number of benzene rings is 1. The number of thioether (sulfide) groups is 1. The van der Waals surface area contributed by atoms with E-state index in [-0.39, 0.29) is 5.84 Å². The smallest absolute Gasteiger partial charge is 0.123 e. The standard InChI is InChI=1S/C15H19N3S/c1-2-3-6-9-19-14-10-12(15(16)17)11-7-4-5-8-13(11)18-14/h4-5,7-8,10H,2-3,6,9H2,1H3,(H3,16,17). The van der Waals surface area contributed by atoms with Crippen molar-refractivity contribution in [2.75, 3.05) is 5.75 Å². The Bertz CT molecular complexity index is 581. The Hall–Kier alpha value is -1.55. The molecule has 1 heterocycles. The highest BCUT2D eigenvalue weighted by Gasteiger charge is 2.08. The van der Waals surface area contributed by atoms with E-state index in [4.69, 9.17) is 11.1 Å². The number of rotatable bonds is 6. The fourth-order valence-electron chi connectivity index (χ4n) is 1.98. The first-order valence-corrected chi connectivity index (χ1v) is 7.58. The van der Waals surface area contributed by atoms with Crippen molar-refractivity contribution in [2.24, 2.45) is 5.73 Å². The van der Waals surface area contributed by atoms with E-state index in [1.54, 1.807) is 11.8 Å². The lowest BCUT2D eigenvalue weighted by Gasteiger charge is -2.08. The minimum atomic E-state index is 0.106. The molecule has 0 fully saturated rings. The largest absolute Gasteiger partial charge is 0.384 e. The number of hydrogen-bond donors (Lipinski definition) is 2. The summed E-state index contributed by atoms with van der Waals surface area (Å²) in [6.07, 6.45) is 3.68. The lowest BCUT2D eigenvalue weighted by atomic mass is 10.1. The zero-order chi connectivity index (χ0) is 13.7. The summed E-state index contributed by atoms with van der Waals surface area (Å²) in [7, 11) is 0. The summed E-state index contributed by atoms with van der Waals surface area (Å²) in [4.78, 5) is 4.63. The topological polar surface area (TPSA) is 62.8 Å². The molecule has 3 N–H and O–H groups in total. The molecule has 3 nitrogen and oxygen atoms in total. The van der Waals surface area contributed by atoms with Crippen LogP contribution in [0.2, 0.25) is 0 Å². The molecule has 1 aromatic carbocycles. The summed E-state index contributed by atoms with van der Waals surface area (Å²) in [6.45, 7) is 2.20. The molecule has 2 aromatic rings. The van der Waals surface area contributed by atoms with Crippen molar-refractivity contribution in [3.05, 3.63) is 35.9 Å². The molecule has 0 saturated carbocycles. The van der Waals surface area contributed by atoms with Crippen molar-refractivity contribution >= 4 is 28.5 Å². The summed E-state index contributed by atoms with van der Waals surface area (Å²) in [6, 6.07) is 9.78. The van der Waals surface area contributed by atoms with E-state index in [0.717, 1.165) is 27.2 Å². The Morgan fingerprint density at radius 3 is 2.84 bits per heavy atom. The third-order valence-corrected chi connectivity index (χ3v) is 3.98. The van der Waals surface area contributed by atoms with E-state index in [1.165, 1.54) is 19.3 Å². The van der Waals surface area contributed by atoms with Gasteiger partial charge in [0.25, 0.3) is 0 Å². The van der Waals surface area contributed by atoms with Crippen molar-refractivity contribution in [3.63, 3.8) is 0 Å². The SMILES string of the molecule is CCCCCSc1cc(C(=N)N)c2ccccc2n1. The molecule has 0 radical (unpaired) electrons. The number of para-hydroxylation sites is 1. The fraction of sp³-hybridized carbons (Fsp3) is 0.333. The van der Waals surface area contributed by atoms with Crippen LogP contribution >= 0.6 is 11.8 Å². The lowest BCUT2D eigenvalue weighted by molar-refractivity contribution is 0.778. The second-order valence-electron chi connectivity index (χ2n) is 4.49. The van der Waals surface area contributed by atoms with Crippen LogP contribution in [0.15, 0.2) is 35.4 Å². The fourth-order valence-corrected chi connectivity index (χ4v) is 2.90. The second-order valence-corrected chi connectivity index (χ2v) is 5.61. The van der Waals surface area contributed by atoms with E-state index < -0.39 is 0 Å². The second kappa shape index (κ2) is 6.57. The third kappa shape index (κ3) is 3.47. The Balaban J connectivity index is 2.27. The average molecular weight is 273 g/mol. The highest BCUT2D eigenvalue weighted by Crippen LogP contribution is 2.24. The van der Waals surface area contributed by atoms with Gasteiger partial charge >= 0.3 is 0 Å². The van der Waals surface area contributed by atoms with Crippen LogP contribution in [0, 0.1) is 5.41 Å². The molecule has 0 atom stereocenters. The van der Waals surface area contributed by atoms with Crippen LogP contribution in [-0.4, -0.2) is 16.6 Å². The van der Waals surface area contributed by atoms with Gasteiger partial charge in [-0.1, -0.05) is 38.0 Å². The number of amidine groups is 1. The van der Waals surface area contributed by atoms with Crippen molar-refractivity contribution in [1.82, 2.24) is 4.98 Å². The highest BCUT2D eigenvalue weighted by molar-refractivity contribution is 7.99. The number of hydrogen-bond acceptors (Lipinski definition) is 3. The Morgan fingerprint density at radius 1 is 1.32 bits per heavy atom. The highest BCUT2D eigenvalue weighted by atomic mass is 32.2. The molecule has 19 heavy (non-hydrogen) atoms. The summed E-state index contributed by atoms with van der Waals surface area (Å²) in [5.41, 5.74) is 7.36. The number of nitrogens with two attached hydrogens (primary N) is 1. The first-order chi connectivity index (χ1) is 9.22. The quantitative estimate of drug-likeness (QED) is 0.364. The minimum absolute atomic E-state index is 0.106. The number of nitrogens with one attached hydrogen (secondary N) is 1. The molecule has 0 saturated heterocycles. The molecule has 0 aliphatic carbocycles. The molecule has 1 aromatic heterocycles. The van der Waals surface area contributed by atoms with Crippen molar-refractivity contribution in [2.45, 2.75) is 31.2 Å². The normalized spacial score (nSPS) is 10.8. The molecule has 0 unspecified atom stereocenters. The number of aromatic nitrogens is 1. The molecule has 4 heteroatoms. The van der Waals surface area contributed by atoms with Gasteiger partial charge in [-0.15, -0.1) is 11.8 Å². The van der Waals surface area contributed by atoms with Gasteiger partial charge < -0.3 is 5.73 Å². The van der Waals surface area contributed by atoms with Gasteiger partial charge in [-0.3, -0.25) is 5.41 Å². The Morgan fingerprint density at radius 2 is 2.11 bits per heavy atom. The molecular weight excluding hydrogens is 254 g/mol. The summed E-state index contributed by atoms with van der Waals surface area (Å²) in [5, 5.41) is 9.61. The van der Waals surface area contributed by atoms with Gasteiger partial charge in [-0.2, -0.15) is 0 Å². The van der Waals surface area contributed by atoms with Crippen molar-refractivity contribution < 1.29 is 0 Å². The van der Waals surface area contributed by atoms with Gasteiger partial charge in [0, 0.05) is 10.9 Å². The van der Waals surface area contributed by atoms with Crippen molar-refractivity contribution in [1.29, 1.82) is 5.41 Å². The maximum atomic E-state index is 7.70. The van der Waals surface area contributed by atoms with Crippen LogP contribution in [0.5, 0.6) is 0 Å². The van der Waals surface area contributed by atoms with Gasteiger partial charge in [-0.25, -0.2) is 4.98 Å². The van der Waals surface area contributed by atoms with E-state index in [9.17, 15) is 0 Å². The van der Waals surface area contributed by atoms with Gasteiger partial charge in [-0.05, 0) is 24.3 Å². The molecule has 0 aliphatic rings. The molecule has 2 rings (SSSR count). The van der Waals surface area contributed by atoms with E-state index in [0.29, 0.717) is 0 Å². The van der Waals surface area contributed by atoms with Crippen LogP contribution < -0.4 is 5.73 Å². The number of nitrogen functional groups attached to an aromatic ring is 1. The molecule has 0 spiro atoms. The monoisotopic (exact) mass is 273 g/mol. The van der Waals surface area contributed by atoms with Crippen LogP contribution in [0.3, 0.4) is 0 Å². The summed E-state index contributed by atoms with van der Waals surface area (Å²) >= 11 is 1.74. The van der Waals surface area contributed by atoms with Crippen LogP contribution in [0.4, 0.5) is 0 Å². The summed E-state index contributed by atoms with van der Waals surface area (Å²) < 4.78 is 0. The van der Waals surface area contributed by atoms with Gasteiger partial charge in [0.15, 0.2) is 0 Å². The third-order valence-electron chi connectivity index (χ3n) is 2.98. The van der Waals surface area contributed by atoms with Gasteiger partial charge in [0.05, 0.1) is 10.5 Å². The minimum Gasteiger partial charge on any atom is -0.384 e. The van der Waals surface area contributed by atoms with Crippen LogP contribution in [-0.2, 0) is 0 Å². The summed E-state index contributed by atoms with van der Waals surface area (Å²) in [5.74, 6) is 1.17. The predicted octanol–water partition coefficient (Wildman–Crippen LogP) is 3.80. The molecule has 0 amide bonds. The number of fused-ring (bicyclic) bond motifs is 1. The number of pyridine rings is 1. The van der Waals surface area contributed by atoms with Gasteiger partial charge in [0.2, 0.25) is 0 Å². The first-order valence-electron chi connectivity index (χ1n) is 6.59. The van der Waals surface area contributed by atoms with Crippen LogP contribution in [0.1, 0.15) is 31.7 Å². The average Bonchev–Trinajstić information content (AvgIpc) is 2.42. The Labute approximate surface area is 118 Å². The molecule has 0 bridgehead atoms. The van der Waals surface area contributed by atoms with Gasteiger partial charge in [0.1, 0.15) is 5.84 Å². The van der Waals surface area contributed by atoms with E-state index in [1.807, 2.05) is 30.3 Å². The lowest BCUT2D eigenvalue weighted by Crippen LogP contribution is -2.12. The predicted molar refractivity (Wildman–Crippen MR) is 83.0 cm³/mol. The zero-order valence-corrected chi connectivity index (χ0v) is 12.0. The van der Waals surface area contributed by atoms with E-state index in [2.05, 4.69) is 11.9 Å². The molecular formula is C15H19N3S. The Kier molecular flexibility index (Phi) is 4.80. The number of nitrogens with zero attached hydrogens (tertiary/aromatic N) is 1. The molecule has 0 aliphatic heterocycles. The maximum Gasteiger partial charge on any atom is 0.123 e. The van der Waals surface area contributed by atoms with Crippen molar-refractivity contribution in [3.8, 4) is 0 Å². The maximum absolute atomic E-state index is 7.70. The zero-order valence-electron chi connectivity index (χ0n) is 11.1. The first kappa shape index (κ1) is 13.9.